The summed E-state index contributed by atoms with van der Waals surface area (Å²) in [7, 11) is 1.65. The predicted molar refractivity (Wildman–Crippen MR) is 96.4 cm³/mol. The van der Waals surface area contributed by atoms with Gasteiger partial charge in [0, 0.05) is 6.42 Å². The second-order valence-electron chi connectivity index (χ2n) is 6.27. The Morgan fingerprint density at radius 3 is 2.33 bits per heavy atom. The maximum absolute atomic E-state index is 10.8. The molecule has 1 unspecified atom stereocenters. The van der Waals surface area contributed by atoms with E-state index in [1.54, 1.807) is 7.11 Å². The molecule has 0 aliphatic carbocycles. The molecule has 0 spiro atoms. The predicted octanol–water partition coefficient (Wildman–Crippen LogP) is 5.20. The second-order valence-corrected chi connectivity index (χ2v) is 6.27. The first-order valence-electron chi connectivity index (χ1n) is 9.12. The molecule has 0 radical (unpaired) electrons. The largest absolute Gasteiger partial charge is 0.497 e. The summed E-state index contributed by atoms with van der Waals surface area (Å²) in [6.07, 6.45) is 9.14. The minimum absolute atomic E-state index is 0.0226. The van der Waals surface area contributed by atoms with Crippen LogP contribution in [-0.2, 0) is 16.1 Å². The van der Waals surface area contributed by atoms with Gasteiger partial charge in [-0.2, -0.15) is 0 Å². The van der Waals surface area contributed by atoms with E-state index in [-0.39, 0.29) is 12.5 Å². The van der Waals surface area contributed by atoms with Crippen LogP contribution in [0.5, 0.6) is 5.75 Å². The topological polar surface area (TPSA) is 55.8 Å². The molecule has 4 heteroatoms. The van der Waals surface area contributed by atoms with Gasteiger partial charge >= 0.3 is 5.97 Å². The molecule has 0 aliphatic rings. The SMILES string of the molecule is CCCCCCCCC(CCC(=O)O)OCc1ccc(OC)cc1. The molecule has 0 fully saturated rings. The molecule has 1 aromatic carbocycles. The Hall–Kier alpha value is -1.55. The molecular formula is C20H32O4. The quantitative estimate of drug-likeness (QED) is 0.475. The molecule has 0 amide bonds. The van der Waals surface area contributed by atoms with Crippen molar-refractivity contribution < 1.29 is 19.4 Å². The molecular weight excluding hydrogens is 304 g/mol. The number of benzene rings is 1. The molecule has 0 heterocycles. The summed E-state index contributed by atoms with van der Waals surface area (Å²) >= 11 is 0. The number of carboxylic acids is 1. The van der Waals surface area contributed by atoms with Gasteiger partial charge in [0.1, 0.15) is 5.75 Å². The van der Waals surface area contributed by atoms with Gasteiger partial charge < -0.3 is 14.6 Å². The van der Waals surface area contributed by atoms with E-state index in [1.807, 2.05) is 24.3 Å². The van der Waals surface area contributed by atoms with Crippen LogP contribution in [0.3, 0.4) is 0 Å². The fourth-order valence-corrected chi connectivity index (χ4v) is 2.68. The summed E-state index contributed by atoms with van der Waals surface area (Å²) in [4.78, 5) is 10.8. The van der Waals surface area contributed by atoms with Crippen LogP contribution in [0.4, 0.5) is 0 Å². The Kier molecular flexibility index (Phi) is 10.9. The van der Waals surface area contributed by atoms with Gasteiger partial charge in [-0.3, -0.25) is 4.79 Å². The lowest BCUT2D eigenvalue weighted by molar-refractivity contribution is -0.138. The Morgan fingerprint density at radius 1 is 1.04 bits per heavy atom. The summed E-state index contributed by atoms with van der Waals surface area (Å²) in [6, 6.07) is 7.80. The minimum Gasteiger partial charge on any atom is -0.497 e. The fourth-order valence-electron chi connectivity index (χ4n) is 2.68. The van der Waals surface area contributed by atoms with Crippen molar-refractivity contribution in [1.82, 2.24) is 0 Å². The molecule has 1 rings (SSSR count). The van der Waals surface area contributed by atoms with E-state index in [4.69, 9.17) is 14.6 Å². The smallest absolute Gasteiger partial charge is 0.303 e. The van der Waals surface area contributed by atoms with E-state index in [0.29, 0.717) is 13.0 Å². The van der Waals surface area contributed by atoms with Crippen molar-refractivity contribution in [1.29, 1.82) is 0 Å². The number of carboxylic acid groups (broad SMARTS) is 1. The van der Waals surface area contributed by atoms with Gasteiger partial charge in [-0.05, 0) is 30.5 Å². The zero-order valence-corrected chi connectivity index (χ0v) is 15.1. The molecule has 24 heavy (non-hydrogen) atoms. The number of aliphatic carboxylic acids is 1. The van der Waals surface area contributed by atoms with Crippen LogP contribution in [0, 0.1) is 0 Å². The number of hydrogen-bond donors (Lipinski definition) is 1. The van der Waals surface area contributed by atoms with Crippen molar-refractivity contribution in [3.8, 4) is 5.75 Å². The van der Waals surface area contributed by atoms with Gasteiger partial charge in [0.05, 0.1) is 19.8 Å². The summed E-state index contributed by atoms with van der Waals surface area (Å²) in [5.41, 5.74) is 1.08. The number of methoxy groups -OCH3 is 1. The second kappa shape index (κ2) is 12.8. The standard InChI is InChI=1S/C20H32O4/c1-3-4-5-6-7-8-9-19(14-15-20(21)22)24-16-17-10-12-18(23-2)13-11-17/h10-13,19H,3-9,14-16H2,1-2H3,(H,21,22). The molecule has 0 saturated carbocycles. The van der Waals surface area contributed by atoms with Gasteiger partial charge in [0.2, 0.25) is 0 Å². The first kappa shape index (κ1) is 20.5. The molecule has 1 atom stereocenters. The Bertz CT molecular complexity index is 441. The summed E-state index contributed by atoms with van der Waals surface area (Å²) in [5, 5.41) is 8.90. The third kappa shape index (κ3) is 9.56. The van der Waals surface area contributed by atoms with E-state index < -0.39 is 5.97 Å². The van der Waals surface area contributed by atoms with E-state index in [2.05, 4.69) is 6.92 Å². The first-order chi connectivity index (χ1) is 11.7. The average Bonchev–Trinajstić information content (AvgIpc) is 2.59. The summed E-state index contributed by atoms with van der Waals surface area (Å²) in [6.45, 7) is 2.74. The summed E-state index contributed by atoms with van der Waals surface area (Å²) < 4.78 is 11.1. The summed E-state index contributed by atoms with van der Waals surface area (Å²) in [5.74, 6) is 0.0734. The fraction of sp³-hybridized carbons (Fsp3) is 0.650. The number of unbranched alkanes of at least 4 members (excludes halogenated alkanes) is 5. The highest BCUT2D eigenvalue weighted by molar-refractivity contribution is 5.66. The molecule has 1 aromatic rings. The average molecular weight is 336 g/mol. The van der Waals surface area contributed by atoms with Crippen LogP contribution in [0.2, 0.25) is 0 Å². The van der Waals surface area contributed by atoms with Crippen molar-refractivity contribution in [2.24, 2.45) is 0 Å². The van der Waals surface area contributed by atoms with Crippen LogP contribution in [0.15, 0.2) is 24.3 Å². The van der Waals surface area contributed by atoms with Crippen LogP contribution >= 0.6 is 0 Å². The van der Waals surface area contributed by atoms with E-state index >= 15 is 0 Å². The minimum atomic E-state index is -0.754. The third-order valence-electron chi connectivity index (χ3n) is 4.20. The molecule has 0 aliphatic heterocycles. The van der Waals surface area contributed by atoms with Crippen LogP contribution in [0.1, 0.15) is 70.3 Å². The number of carbonyl (C=O) groups is 1. The lowest BCUT2D eigenvalue weighted by Gasteiger charge is -2.17. The molecule has 136 valence electrons. The van der Waals surface area contributed by atoms with Crippen LogP contribution < -0.4 is 4.74 Å². The molecule has 1 N–H and O–H groups in total. The van der Waals surface area contributed by atoms with Crippen LogP contribution in [0.25, 0.3) is 0 Å². The molecule has 0 bridgehead atoms. The third-order valence-corrected chi connectivity index (χ3v) is 4.20. The van der Waals surface area contributed by atoms with Gasteiger partial charge in [-0.1, -0.05) is 57.6 Å². The van der Waals surface area contributed by atoms with E-state index in [1.165, 1.54) is 32.1 Å². The van der Waals surface area contributed by atoms with Crippen molar-refractivity contribution in [2.45, 2.75) is 77.4 Å². The zero-order chi connectivity index (χ0) is 17.6. The highest BCUT2D eigenvalue weighted by atomic mass is 16.5. The Morgan fingerprint density at radius 2 is 1.71 bits per heavy atom. The van der Waals surface area contributed by atoms with Crippen molar-refractivity contribution >= 4 is 5.97 Å². The maximum atomic E-state index is 10.8. The van der Waals surface area contributed by atoms with Crippen LogP contribution in [-0.4, -0.2) is 24.3 Å². The normalized spacial score (nSPS) is 12.1. The van der Waals surface area contributed by atoms with Crippen molar-refractivity contribution in [3.63, 3.8) is 0 Å². The maximum Gasteiger partial charge on any atom is 0.303 e. The molecule has 0 aromatic heterocycles. The van der Waals surface area contributed by atoms with Crippen molar-refractivity contribution in [3.05, 3.63) is 29.8 Å². The monoisotopic (exact) mass is 336 g/mol. The highest BCUT2D eigenvalue weighted by Gasteiger charge is 2.12. The highest BCUT2D eigenvalue weighted by Crippen LogP contribution is 2.17. The van der Waals surface area contributed by atoms with E-state index in [0.717, 1.165) is 24.2 Å². The number of ether oxygens (including phenoxy) is 2. The zero-order valence-electron chi connectivity index (χ0n) is 15.1. The van der Waals surface area contributed by atoms with Gasteiger partial charge in [-0.15, -0.1) is 0 Å². The van der Waals surface area contributed by atoms with Crippen molar-refractivity contribution in [2.75, 3.05) is 7.11 Å². The lowest BCUT2D eigenvalue weighted by atomic mass is 10.0. The molecule has 0 saturated heterocycles. The number of rotatable bonds is 14. The van der Waals surface area contributed by atoms with Gasteiger partial charge in [0.15, 0.2) is 0 Å². The first-order valence-corrected chi connectivity index (χ1v) is 9.12. The van der Waals surface area contributed by atoms with Gasteiger partial charge in [-0.25, -0.2) is 0 Å². The molecule has 4 nitrogen and oxygen atoms in total. The van der Waals surface area contributed by atoms with E-state index in [9.17, 15) is 4.79 Å². The Labute approximate surface area is 146 Å². The Balaban J connectivity index is 2.35. The van der Waals surface area contributed by atoms with Gasteiger partial charge in [0.25, 0.3) is 0 Å². The number of hydrogen-bond acceptors (Lipinski definition) is 3. The lowest BCUT2D eigenvalue weighted by Crippen LogP contribution is -2.15.